The van der Waals surface area contributed by atoms with Crippen molar-refractivity contribution in [2.45, 2.75) is 6.92 Å². The summed E-state index contributed by atoms with van der Waals surface area (Å²) in [7, 11) is 0. The Bertz CT molecular complexity index is 1110. The number of hydrogen-bond donors (Lipinski definition) is 0. The van der Waals surface area contributed by atoms with Crippen LogP contribution in [0.4, 0.5) is 0 Å². The van der Waals surface area contributed by atoms with Gasteiger partial charge < -0.3 is 0 Å². The molecule has 2 heteroatoms. The molecule has 0 aliphatic heterocycles. The number of hydrogen-bond acceptors (Lipinski definition) is 1. The molecule has 0 radical (unpaired) electrons. The molecule has 0 fully saturated rings. The minimum absolute atomic E-state index is 0.0813. The van der Waals surface area contributed by atoms with E-state index in [1.54, 1.807) is 11.5 Å². The van der Waals surface area contributed by atoms with E-state index in [1.807, 2.05) is 66.7 Å². The molecule has 0 aliphatic rings. The molecule has 0 spiro atoms. The summed E-state index contributed by atoms with van der Waals surface area (Å²) in [4.78, 5) is 13.1. The summed E-state index contributed by atoms with van der Waals surface area (Å²) in [6.45, 7) is 5.64. The van der Waals surface area contributed by atoms with Crippen LogP contribution in [-0.2, 0) is 0 Å². The fourth-order valence-corrected chi connectivity index (χ4v) is 3.41. The zero-order valence-electron chi connectivity index (χ0n) is 14.6. The summed E-state index contributed by atoms with van der Waals surface area (Å²) in [5.41, 5.74) is 5.50. The number of fused-ring (bicyclic) bond motifs is 1. The van der Waals surface area contributed by atoms with Crippen LogP contribution in [0, 0.1) is 0 Å². The molecule has 3 aromatic carbocycles. The molecule has 26 heavy (non-hydrogen) atoms. The predicted molar refractivity (Wildman–Crippen MR) is 108 cm³/mol. The number of para-hydroxylation sites is 1. The van der Waals surface area contributed by atoms with Crippen LogP contribution in [0.15, 0.2) is 97.1 Å². The number of allylic oxidation sites excluding steroid dienone is 1. The standard InChI is InChI=1S/C24H19NO/c1-17(2)24(26)25-21-16-10-9-15-20(21)22(18-11-5-3-6-12-18)23(25)19-13-7-4-8-14-19/h3-16H,1H2,2H3. The van der Waals surface area contributed by atoms with Crippen LogP contribution in [-0.4, -0.2) is 10.5 Å². The molecule has 0 aliphatic carbocycles. The predicted octanol–water partition coefficient (Wildman–Crippen LogP) is 6.19. The molecule has 2 nitrogen and oxygen atoms in total. The van der Waals surface area contributed by atoms with Gasteiger partial charge in [0.05, 0.1) is 11.2 Å². The lowest BCUT2D eigenvalue weighted by Crippen LogP contribution is -2.12. The zero-order valence-corrected chi connectivity index (χ0v) is 14.6. The highest BCUT2D eigenvalue weighted by atomic mass is 16.2. The summed E-state index contributed by atoms with van der Waals surface area (Å²) < 4.78 is 1.80. The van der Waals surface area contributed by atoms with E-state index in [0.717, 1.165) is 33.3 Å². The summed E-state index contributed by atoms with van der Waals surface area (Å²) in [5, 5.41) is 1.06. The Morgan fingerprint density at radius 3 is 1.92 bits per heavy atom. The van der Waals surface area contributed by atoms with Crippen molar-refractivity contribution >= 4 is 16.8 Å². The monoisotopic (exact) mass is 337 g/mol. The summed E-state index contributed by atoms with van der Waals surface area (Å²) in [6, 6.07) is 28.3. The molecule has 0 bridgehead atoms. The van der Waals surface area contributed by atoms with Crippen LogP contribution in [0.25, 0.3) is 33.3 Å². The molecule has 126 valence electrons. The van der Waals surface area contributed by atoms with Crippen LogP contribution >= 0.6 is 0 Å². The van der Waals surface area contributed by atoms with E-state index in [-0.39, 0.29) is 5.91 Å². The van der Waals surface area contributed by atoms with Gasteiger partial charge in [-0.15, -0.1) is 0 Å². The Morgan fingerprint density at radius 1 is 0.769 bits per heavy atom. The Hall–Kier alpha value is -3.39. The van der Waals surface area contributed by atoms with E-state index in [9.17, 15) is 4.79 Å². The third-order valence-corrected chi connectivity index (χ3v) is 4.55. The largest absolute Gasteiger partial charge is 0.275 e. The second kappa shape index (κ2) is 6.49. The van der Waals surface area contributed by atoms with Gasteiger partial charge in [-0.2, -0.15) is 0 Å². The molecule has 1 aromatic heterocycles. The second-order valence-corrected chi connectivity index (χ2v) is 6.39. The maximum Gasteiger partial charge on any atom is 0.257 e. The summed E-state index contributed by atoms with van der Waals surface area (Å²) in [6.07, 6.45) is 0. The van der Waals surface area contributed by atoms with Crippen LogP contribution < -0.4 is 0 Å². The fourth-order valence-electron chi connectivity index (χ4n) is 3.41. The number of carbonyl (C=O) groups excluding carboxylic acids is 1. The van der Waals surface area contributed by atoms with E-state index in [0.29, 0.717) is 5.57 Å². The first-order valence-corrected chi connectivity index (χ1v) is 8.63. The van der Waals surface area contributed by atoms with Crippen LogP contribution in [0.2, 0.25) is 0 Å². The van der Waals surface area contributed by atoms with Crippen molar-refractivity contribution in [2.24, 2.45) is 0 Å². The van der Waals surface area contributed by atoms with Gasteiger partial charge in [-0.05, 0) is 24.1 Å². The van der Waals surface area contributed by atoms with Gasteiger partial charge in [-0.25, -0.2) is 0 Å². The molecule has 0 N–H and O–H groups in total. The van der Waals surface area contributed by atoms with Gasteiger partial charge in [-0.1, -0.05) is 85.4 Å². The van der Waals surface area contributed by atoms with Crippen LogP contribution in [0.1, 0.15) is 11.7 Å². The number of rotatable bonds is 3. The molecule has 4 rings (SSSR count). The van der Waals surface area contributed by atoms with E-state index in [4.69, 9.17) is 0 Å². The van der Waals surface area contributed by atoms with Gasteiger partial charge in [-0.3, -0.25) is 9.36 Å². The number of nitrogens with zero attached hydrogens (tertiary/aromatic N) is 1. The third-order valence-electron chi connectivity index (χ3n) is 4.55. The molecular weight excluding hydrogens is 318 g/mol. The van der Waals surface area contributed by atoms with Crippen molar-refractivity contribution in [3.8, 4) is 22.4 Å². The number of benzene rings is 3. The Balaban J connectivity index is 2.19. The lowest BCUT2D eigenvalue weighted by molar-refractivity contribution is 0.0962. The highest BCUT2D eigenvalue weighted by Gasteiger charge is 2.23. The van der Waals surface area contributed by atoms with Gasteiger partial charge >= 0.3 is 0 Å². The fraction of sp³-hybridized carbons (Fsp3) is 0.0417. The average molecular weight is 337 g/mol. The summed E-state index contributed by atoms with van der Waals surface area (Å²) >= 11 is 0. The van der Waals surface area contributed by atoms with Crippen LogP contribution in [0.5, 0.6) is 0 Å². The molecule has 4 aromatic rings. The van der Waals surface area contributed by atoms with Crippen molar-refractivity contribution in [1.29, 1.82) is 0 Å². The lowest BCUT2D eigenvalue weighted by atomic mass is 9.98. The molecule has 0 unspecified atom stereocenters. The van der Waals surface area contributed by atoms with Gasteiger partial charge in [0.25, 0.3) is 5.91 Å². The van der Waals surface area contributed by atoms with Gasteiger partial charge in [0, 0.05) is 16.5 Å². The van der Waals surface area contributed by atoms with Crippen molar-refractivity contribution < 1.29 is 4.79 Å². The van der Waals surface area contributed by atoms with Gasteiger partial charge in [0.2, 0.25) is 0 Å². The second-order valence-electron chi connectivity index (χ2n) is 6.39. The Labute approximate surface area is 153 Å². The quantitative estimate of drug-likeness (QED) is 0.408. The van der Waals surface area contributed by atoms with E-state index < -0.39 is 0 Å². The normalized spacial score (nSPS) is 10.8. The smallest absolute Gasteiger partial charge is 0.257 e. The maximum absolute atomic E-state index is 13.1. The molecular formula is C24H19NO. The first-order valence-electron chi connectivity index (χ1n) is 8.63. The first kappa shape index (κ1) is 16.1. The van der Waals surface area contributed by atoms with Gasteiger partial charge in [0.1, 0.15) is 0 Å². The van der Waals surface area contributed by atoms with E-state index in [1.165, 1.54) is 0 Å². The first-order chi connectivity index (χ1) is 12.7. The van der Waals surface area contributed by atoms with Crippen molar-refractivity contribution in [2.75, 3.05) is 0 Å². The molecule has 0 atom stereocenters. The zero-order chi connectivity index (χ0) is 18.1. The van der Waals surface area contributed by atoms with E-state index >= 15 is 0 Å². The number of aromatic nitrogens is 1. The highest BCUT2D eigenvalue weighted by molar-refractivity contribution is 6.12. The minimum atomic E-state index is -0.0813. The highest BCUT2D eigenvalue weighted by Crippen LogP contribution is 2.41. The Kier molecular flexibility index (Phi) is 4.02. The summed E-state index contributed by atoms with van der Waals surface area (Å²) in [5.74, 6) is -0.0813. The van der Waals surface area contributed by atoms with Crippen molar-refractivity contribution in [3.63, 3.8) is 0 Å². The average Bonchev–Trinajstić information content (AvgIpc) is 3.03. The van der Waals surface area contributed by atoms with Crippen molar-refractivity contribution in [1.82, 2.24) is 4.57 Å². The Morgan fingerprint density at radius 2 is 1.31 bits per heavy atom. The number of carbonyl (C=O) groups is 1. The molecule has 1 heterocycles. The van der Waals surface area contributed by atoms with E-state index in [2.05, 4.69) is 24.8 Å². The third kappa shape index (κ3) is 2.56. The minimum Gasteiger partial charge on any atom is -0.275 e. The molecule has 0 amide bonds. The lowest BCUT2D eigenvalue weighted by Gasteiger charge is -2.12. The van der Waals surface area contributed by atoms with Crippen molar-refractivity contribution in [3.05, 3.63) is 97.1 Å². The molecule has 0 saturated heterocycles. The SMILES string of the molecule is C=C(C)C(=O)n1c(-c2ccccc2)c(-c2ccccc2)c2ccccc21. The van der Waals surface area contributed by atoms with Gasteiger partial charge in [0.15, 0.2) is 0 Å². The molecule has 0 saturated carbocycles. The van der Waals surface area contributed by atoms with Crippen LogP contribution in [0.3, 0.4) is 0 Å². The maximum atomic E-state index is 13.1. The topological polar surface area (TPSA) is 22.0 Å².